The molecule has 164 valence electrons. The average molecular weight is 461 g/mol. The fourth-order valence-electron chi connectivity index (χ4n) is 3.71. The highest BCUT2D eigenvalue weighted by Crippen LogP contribution is 2.25. The van der Waals surface area contributed by atoms with E-state index in [1.165, 1.54) is 11.6 Å². The van der Waals surface area contributed by atoms with E-state index in [2.05, 4.69) is 24.1 Å². The van der Waals surface area contributed by atoms with Crippen molar-refractivity contribution in [1.29, 1.82) is 0 Å². The lowest BCUT2D eigenvalue weighted by Gasteiger charge is -2.10. The number of carbonyl (C=O) groups excluding carboxylic acids is 1. The number of nitrogens with zero attached hydrogens (tertiary/aromatic N) is 2. The Morgan fingerprint density at radius 2 is 1.87 bits per heavy atom. The molecule has 31 heavy (non-hydrogen) atoms. The molecule has 2 N–H and O–H groups in total. The maximum atomic E-state index is 12.2. The van der Waals surface area contributed by atoms with Gasteiger partial charge >= 0.3 is 0 Å². The molecule has 8 heteroatoms. The minimum absolute atomic E-state index is 0.136. The number of hydrogen-bond donors (Lipinski definition) is 2. The molecule has 0 aliphatic heterocycles. The normalized spacial score (nSPS) is 11.0. The summed E-state index contributed by atoms with van der Waals surface area (Å²) >= 11 is 12.3. The second kappa shape index (κ2) is 10.6. The molecular formula is C23H26Cl2N4O2. The van der Waals surface area contributed by atoms with Gasteiger partial charge in [-0.15, -0.1) is 0 Å². The summed E-state index contributed by atoms with van der Waals surface area (Å²) in [5, 5.41) is 8.93. The summed E-state index contributed by atoms with van der Waals surface area (Å²) in [6.45, 7) is 5.22. The third kappa shape index (κ3) is 6.21. The Labute approximate surface area is 191 Å². The Balaban J connectivity index is 1.68. The Morgan fingerprint density at radius 1 is 1.13 bits per heavy atom. The Kier molecular flexibility index (Phi) is 7.93. The number of aromatic amines is 1. The van der Waals surface area contributed by atoms with Crippen LogP contribution in [0.3, 0.4) is 0 Å². The van der Waals surface area contributed by atoms with Gasteiger partial charge in [0.2, 0.25) is 11.5 Å². The highest BCUT2D eigenvalue weighted by molar-refractivity contribution is 6.34. The van der Waals surface area contributed by atoms with Gasteiger partial charge in [-0.1, -0.05) is 43.1 Å². The van der Waals surface area contributed by atoms with E-state index in [1.54, 1.807) is 18.2 Å². The fraction of sp³-hybridized carbons (Fsp3) is 0.348. The van der Waals surface area contributed by atoms with E-state index in [1.807, 2.05) is 16.8 Å². The van der Waals surface area contributed by atoms with Crippen LogP contribution in [0.4, 0.5) is 0 Å². The summed E-state index contributed by atoms with van der Waals surface area (Å²) < 4.78 is 1.98. The van der Waals surface area contributed by atoms with Gasteiger partial charge in [0.25, 0.3) is 0 Å². The van der Waals surface area contributed by atoms with Crippen molar-refractivity contribution in [1.82, 2.24) is 20.1 Å². The Hall–Kier alpha value is -2.57. The lowest BCUT2D eigenvalue weighted by molar-refractivity contribution is -0.120. The highest BCUT2D eigenvalue weighted by Gasteiger charge is 2.16. The first kappa shape index (κ1) is 23.1. The Bertz CT molecular complexity index is 1100. The van der Waals surface area contributed by atoms with Crippen molar-refractivity contribution in [3.05, 3.63) is 85.0 Å². The number of benzene rings is 1. The first-order chi connectivity index (χ1) is 14.9. The molecule has 2 aromatic heterocycles. The monoisotopic (exact) mass is 460 g/mol. The largest absolute Gasteiger partial charge is 0.354 e. The SMILES string of the molecule is CCc1nn(CCNC(=O)Cc2cccc(=O)[nH]2)c(CC)c1Cc1cc(Cl)cc(Cl)c1. The van der Waals surface area contributed by atoms with Gasteiger partial charge in [0, 0.05) is 46.0 Å². The number of aromatic nitrogens is 3. The van der Waals surface area contributed by atoms with Crippen LogP contribution < -0.4 is 10.9 Å². The molecule has 0 aliphatic carbocycles. The van der Waals surface area contributed by atoms with Gasteiger partial charge in [-0.25, -0.2) is 0 Å². The standard InChI is InChI=1S/C23H26Cl2N4O2/c1-3-20-19(12-15-10-16(24)13-17(25)11-15)21(4-2)29(28-20)9-8-26-23(31)14-18-6-5-7-22(30)27-18/h5-7,10-11,13H,3-4,8-9,12,14H2,1-2H3,(H,26,31)(H,27,30). The van der Waals surface area contributed by atoms with Crippen molar-refractivity contribution in [2.75, 3.05) is 6.54 Å². The van der Waals surface area contributed by atoms with Gasteiger partial charge in [-0.05, 0) is 42.7 Å². The number of rotatable bonds is 9. The van der Waals surface area contributed by atoms with Crippen LogP contribution in [-0.4, -0.2) is 27.2 Å². The van der Waals surface area contributed by atoms with E-state index in [0.717, 1.165) is 29.8 Å². The molecule has 6 nitrogen and oxygen atoms in total. The number of H-pyrrole nitrogens is 1. The third-order valence-electron chi connectivity index (χ3n) is 5.05. The molecular weight excluding hydrogens is 435 g/mol. The topological polar surface area (TPSA) is 79.8 Å². The van der Waals surface area contributed by atoms with Gasteiger partial charge in [-0.2, -0.15) is 5.10 Å². The molecule has 1 amide bonds. The van der Waals surface area contributed by atoms with Crippen molar-refractivity contribution < 1.29 is 4.79 Å². The molecule has 3 rings (SSSR count). The van der Waals surface area contributed by atoms with Crippen molar-refractivity contribution in [2.24, 2.45) is 0 Å². The summed E-state index contributed by atoms with van der Waals surface area (Å²) in [6.07, 6.45) is 2.49. The zero-order valence-corrected chi connectivity index (χ0v) is 19.2. The van der Waals surface area contributed by atoms with Crippen LogP contribution in [0.15, 0.2) is 41.2 Å². The second-order valence-electron chi connectivity index (χ2n) is 7.32. The summed E-state index contributed by atoms with van der Waals surface area (Å²) in [5.41, 5.74) is 4.81. The quantitative estimate of drug-likeness (QED) is 0.507. The lowest BCUT2D eigenvalue weighted by atomic mass is 10.0. The van der Waals surface area contributed by atoms with Crippen LogP contribution in [0, 0.1) is 0 Å². The minimum Gasteiger partial charge on any atom is -0.354 e. The summed E-state index contributed by atoms with van der Waals surface area (Å²) in [6, 6.07) is 10.4. The van der Waals surface area contributed by atoms with Gasteiger partial charge in [0.05, 0.1) is 18.7 Å². The van der Waals surface area contributed by atoms with E-state index in [4.69, 9.17) is 28.3 Å². The van der Waals surface area contributed by atoms with Crippen LogP contribution >= 0.6 is 23.2 Å². The number of aryl methyl sites for hydroxylation is 1. The predicted octanol–water partition coefficient (Wildman–Crippen LogP) is 3.95. The van der Waals surface area contributed by atoms with Crippen molar-refractivity contribution in [2.45, 2.75) is 46.1 Å². The van der Waals surface area contributed by atoms with Crippen molar-refractivity contribution in [3.8, 4) is 0 Å². The van der Waals surface area contributed by atoms with E-state index < -0.39 is 0 Å². The van der Waals surface area contributed by atoms with Gasteiger partial charge < -0.3 is 10.3 Å². The fourth-order valence-corrected chi connectivity index (χ4v) is 4.28. The molecule has 0 unspecified atom stereocenters. The Morgan fingerprint density at radius 3 is 2.52 bits per heavy atom. The number of nitrogens with one attached hydrogen (secondary N) is 2. The number of halogens is 2. The predicted molar refractivity (Wildman–Crippen MR) is 124 cm³/mol. The van der Waals surface area contributed by atoms with Gasteiger partial charge in [0.1, 0.15) is 0 Å². The second-order valence-corrected chi connectivity index (χ2v) is 8.20. The van der Waals surface area contributed by atoms with Crippen LogP contribution in [-0.2, 0) is 37.0 Å². The van der Waals surface area contributed by atoms with E-state index in [0.29, 0.717) is 35.2 Å². The molecule has 0 atom stereocenters. The van der Waals surface area contributed by atoms with E-state index in [9.17, 15) is 9.59 Å². The third-order valence-corrected chi connectivity index (χ3v) is 5.48. The van der Waals surface area contributed by atoms with Crippen molar-refractivity contribution >= 4 is 29.1 Å². The molecule has 3 aromatic rings. The van der Waals surface area contributed by atoms with Crippen molar-refractivity contribution in [3.63, 3.8) is 0 Å². The summed E-state index contributed by atoms with van der Waals surface area (Å²) in [4.78, 5) is 26.2. The zero-order valence-electron chi connectivity index (χ0n) is 17.7. The maximum absolute atomic E-state index is 12.2. The average Bonchev–Trinajstić information content (AvgIpc) is 3.03. The minimum atomic E-state index is -0.213. The van der Waals surface area contributed by atoms with Crippen LogP contribution in [0.2, 0.25) is 10.0 Å². The maximum Gasteiger partial charge on any atom is 0.248 e. The molecule has 0 bridgehead atoms. The molecule has 0 spiro atoms. The highest BCUT2D eigenvalue weighted by atomic mass is 35.5. The molecule has 0 saturated carbocycles. The number of pyridine rings is 1. The smallest absolute Gasteiger partial charge is 0.248 e. The van der Waals surface area contributed by atoms with E-state index >= 15 is 0 Å². The molecule has 0 radical (unpaired) electrons. The van der Waals surface area contributed by atoms with Crippen LogP contribution in [0.5, 0.6) is 0 Å². The summed E-state index contributed by atoms with van der Waals surface area (Å²) in [5.74, 6) is -0.142. The lowest BCUT2D eigenvalue weighted by Crippen LogP contribution is -2.30. The van der Waals surface area contributed by atoms with Gasteiger partial charge in [-0.3, -0.25) is 14.3 Å². The first-order valence-corrected chi connectivity index (χ1v) is 11.1. The molecule has 0 fully saturated rings. The van der Waals surface area contributed by atoms with Crippen LogP contribution in [0.25, 0.3) is 0 Å². The van der Waals surface area contributed by atoms with Crippen LogP contribution in [0.1, 0.15) is 42.1 Å². The molecule has 1 aromatic carbocycles. The molecule has 0 aliphatic rings. The van der Waals surface area contributed by atoms with E-state index in [-0.39, 0.29) is 17.9 Å². The van der Waals surface area contributed by atoms with Gasteiger partial charge in [0.15, 0.2) is 0 Å². The first-order valence-electron chi connectivity index (χ1n) is 10.4. The number of hydrogen-bond acceptors (Lipinski definition) is 3. The zero-order chi connectivity index (χ0) is 22.4. The molecule has 2 heterocycles. The number of amides is 1. The number of carbonyl (C=O) groups is 1. The summed E-state index contributed by atoms with van der Waals surface area (Å²) in [7, 11) is 0. The molecule has 0 saturated heterocycles.